The molecule has 1 aliphatic rings. The van der Waals surface area contributed by atoms with Crippen LogP contribution in [0.1, 0.15) is 44.9 Å². The van der Waals surface area contributed by atoms with Gasteiger partial charge >= 0.3 is 12.0 Å². The summed E-state index contributed by atoms with van der Waals surface area (Å²) in [4.78, 5) is 25.0. The van der Waals surface area contributed by atoms with Gasteiger partial charge in [-0.05, 0) is 111 Å². The average molecular weight is 487 g/mol. The van der Waals surface area contributed by atoms with Crippen molar-refractivity contribution in [2.45, 2.75) is 33.7 Å². The van der Waals surface area contributed by atoms with Crippen LogP contribution in [0.25, 0.3) is 0 Å². The molecule has 37 heavy (non-hydrogen) atoms. The summed E-state index contributed by atoms with van der Waals surface area (Å²) in [6.07, 6.45) is 0. The molecule has 2 N–H and O–H groups in total. The van der Waals surface area contributed by atoms with Crippen LogP contribution in [-0.2, 0) is 9.53 Å². The summed E-state index contributed by atoms with van der Waals surface area (Å²) < 4.78 is 11.0. The monoisotopic (exact) mass is 486 g/mol. The van der Waals surface area contributed by atoms with E-state index in [2.05, 4.69) is 93.5 Å². The summed E-state index contributed by atoms with van der Waals surface area (Å²) in [5, 5.41) is 5.40. The Morgan fingerprint density at radius 2 is 1.49 bits per heavy atom. The fraction of sp³-hybridized carbons (Fsp3) is 0.226. The first-order valence-corrected chi connectivity index (χ1v) is 11.2. The van der Waals surface area contributed by atoms with E-state index in [1.54, 1.807) is 39.0 Å². The van der Waals surface area contributed by atoms with E-state index in [1.165, 1.54) is 0 Å². The summed E-state index contributed by atoms with van der Waals surface area (Å²) in [6, 6.07) is 3.98. The Morgan fingerprint density at radius 1 is 0.892 bits per heavy atom. The summed E-state index contributed by atoms with van der Waals surface area (Å²) in [6.45, 7) is 7.44. The van der Waals surface area contributed by atoms with E-state index in [4.69, 9.17) is 9.47 Å². The molecular weight excluding hydrogens is 464 g/mol. The van der Waals surface area contributed by atoms with Crippen molar-refractivity contribution in [2.24, 2.45) is 0 Å². The maximum absolute atomic E-state index is 12.7. The molecule has 180 valence electrons. The van der Waals surface area contributed by atoms with Gasteiger partial charge in [-0.15, -0.1) is 0 Å². The average Bonchev–Trinajstić information content (AvgIpc) is 2.86. The van der Waals surface area contributed by atoms with Crippen molar-refractivity contribution in [1.82, 2.24) is 10.6 Å². The standard InChI is InChI=1S/C31H22N2O4/c1-5-8-9-10-11-12-13-14-15-16-17-18-19-21-25-22-20-23-26(36-6-2)28(25)29-27(30(34)37-7-3)24(4)32-31(35)33-29/h20,22-23,29H,6-7H2,1-4H3,(H2,32,33,35). The Hall–Kier alpha value is -5.58. The lowest BCUT2D eigenvalue weighted by atomic mass is 9.91. The Balaban J connectivity index is 2.39. The predicted molar refractivity (Wildman–Crippen MR) is 141 cm³/mol. The van der Waals surface area contributed by atoms with Crippen molar-refractivity contribution in [3.05, 3.63) is 40.6 Å². The van der Waals surface area contributed by atoms with E-state index in [0.717, 1.165) is 0 Å². The van der Waals surface area contributed by atoms with Crippen molar-refractivity contribution in [2.75, 3.05) is 13.2 Å². The number of nitrogens with one attached hydrogen (secondary N) is 2. The van der Waals surface area contributed by atoms with Crippen LogP contribution >= 0.6 is 0 Å². The molecule has 1 atom stereocenters. The summed E-state index contributed by atoms with van der Waals surface area (Å²) in [7, 11) is 0. The third-order valence-corrected chi connectivity index (χ3v) is 4.43. The molecule has 6 heteroatoms. The fourth-order valence-electron chi connectivity index (χ4n) is 3.10. The first kappa shape index (κ1) is 27.7. The molecule has 0 bridgehead atoms. The zero-order valence-electron chi connectivity index (χ0n) is 20.9. The number of amides is 2. The van der Waals surface area contributed by atoms with Gasteiger partial charge in [-0.1, -0.05) is 17.9 Å². The highest BCUT2D eigenvalue weighted by Gasteiger charge is 2.35. The van der Waals surface area contributed by atoms with Crippen LogP contribution in [0.15, 0.2) is 29.5 Å². The number of benzene rings is 1. The highest BCUT2D eigenvalue weighted by Crippen LogP contribution is 2.36. The predicted octanol–water partition coefficient (Wildman–Crippen LogP) is 2.67. The minimum Gasteiger partial charge on any atom is -0.493 e. The molecule has 2 amide bonds. The van der Waals surface area contributed by atoms with Gasteiger partial charge in [0, 0.05) is 16.8 Å². The highest BCUT2D eigenvalue weighted by molar-refractivity contribution is 5.95. The minimum atomic E-state index is -0.831. The molecule has 6 nitrogen and oxygen atoms in total. The molecule has 0 aromatic heterocycles. The van der Waals surface area contributed by atoms with E-state index >= 15 is 0 Å². The van der Waals surface area contributed by atoms with Crippen molar-refractivity contribution in [3.63, 3.8) is 0 Å². The van der Waals surface area contributed by atoms with Gasteiger partial charge < -0.3 is 20.1 Å². The maximum atomic E-state index is 12.7. The molecule has 0 aliphatic carbocycles. The van der Waals surface area contributed by atoms with Gasteiger partial charge in [-0.2, -0.15) is 0 Å². The number of urea groups is 1. The maximum Gasteiger partial charge on any atom is 0.338 e. The van der Waals surface area contributed by atoms with Gasteiger partial charge in [0.2, 0.25) is 0 Å². The van der Waals surface area contributed by atoms with Crippen LogP contribution in [-0.4, -0.2) is 25.2 Å². The first-order chi connectivity index (χ1) is 18.0. The first-order valence-electron chi connectivity index (χ1n) is 11.2. The number of ether oxygens (including phenoxy) is 2. The number of allylic oxidation sites excluding steroid dienone is 1. The summed E-state index contributed by atoms with van der Waals surface area (Å²) in [5.41, 5.74) is 1.71. The zero-order valence-corrected chi connectivity index (χ0v) is 20.9. The smallest absolute Gasteiger partial charge is 0.338 e. The summed E-state index contributed by atoms with van der Waals surface area (Å²) in [5.74, 6) is 36.4. The lowest BCUT2D eigenvalue weighted by Gasteiger charge is -2.29. The number of hydrogen-bond donors (Lipinski definition) is 2. The van der Waals surface area contributed by atoms with Crippen LogP contribution in [0, 0.1) is 82.9 Å². The van der Waals surface area contributed by atoms with Gasteiger partial charge in [0.05, 0.1) is 24.8 Å². The van der Waals surface area contributed by atoms with Crippen LogP contribution in [0.4, 0.5) is 4.79 Å². The molecular formula is C31H22N2O4. The Labute approximate surface area is 218 Å². The molecule has 1 unspecified atom stereocenters. The Bertz CT molecular complexity index is 1550. The number of rotatable bonds is 5. The Kier molecular flexibility index (Phi) is 11.5. The lowest BCUT2D eigenvalue weighted by molar-refractivity contribution is -0.139. The topological polar surface area (TPSA) is 76.7 Å². The quantitative estimate of drug-likeness (QED) is 0.496. The number of esters is 1. The third kappa shape index (κ3) is 8.61. The minimum absolute atomic E-state index is 0.186. The lowest BCUT2D eigenvalue weighted by Crippen LogP contribution is -2.45. The van der Waals surface area contributed by atoms with Gasteiger partial charge in [0.15, 0.2) is 0 Å². The SMILES string of the molecule is CC#CC#CC#CC#CC#CC#CC#Cc1cccc(OCC)c1C1NC(=O)NC(C)=C1C(=O)OCC. The van der Waals surface area contributed by atoms with Crippen LogP contribution in [0.5, 0.6) is 5.75 Å². The second kappa shape index (κ2) is 15.3. The van der Waals surface area contributed by atoms with Gasteiger partial charge in [0.25, 0.3) is 0 Å². The number of carbonyl (C=O) groups is 2. The number of carbonyl (C=O) groups excluding carboxylic acids is 2. The van der Waals surface area contributed by atoms with E-state index in [-0.39, 0.29) is 12.2 Å². The third-order valence-electron chi connectivity index (χ3n) is 4.43. The van der Waals surface area contributed by atoms with Crippen molar-refractivity contribution in [1.29, 1.82) is 0 Å². The Morgan fingerprint density at radius 3 is 2.05 bits per heavy atom. The van der Waals surface area contributed by atoms with E-state index < -0.39 is 18.0 Å². The molecule has 1 aromatic rings. The molecule has 0 saturated heterocycles. The van der Waals surface area contributed by atoms with Gasteiger partial charge in [-0.25, -0.2) is 9.59 Å². The second-order valence-electron chi connectivity index (χ2n) is 6.82. The van der Waals surface area contributed by atoms with Crippen LogP contribution in [0.2, 0.25) is 0 Å². The van der Waals surface area contributed by atoms with Gasteiger partial charge in [-0.3, -0.25) is 0 Å². The molecule has 0 radical (unpaired) electrons. The molecule has 1 aromatic carbocycles. The van der Waals surface area contributed by atoms with E-state index in [0.29, 0.717) is 29.2 Å². The molecule has 0 saturated carbocycles. The summed E-state index contributed by atoms with van der Waals surface area (Å²) >= 11 is 0. The second-order valence-corrected chi connectivity index (χ2v) is 6.82. The molecule has 2 rings (SSSR count). The van der Waals surface area contributed by atoms with E-state index in [1.807, 2.05) is 6.92 Å². The fourth-order valence-corrected chi connectivity index (χ4v) is 3.10. The van der Waals surface area contributed by atoms with Crippen molar-refractivity contribution < 1.29 is 19.1 Å². The van der Waals surface area contributed by atoms with Gasteiger partial charge in [0.1, 0.15) is 5.75 Å². The molecule has 0 spiro atoms. The number of hydrogen-bond acceptors (Lipinski definition) is 4. The normalized spacial score (nSPS) is 12.3. The largest absolute Gasteiger partial charge is 0.493 e. The van der Waals surface area contributed by atoms with Crippen molar-refractivity contribution in [3.8, 4) is 88.6 Å². The molecule has 0 fully saturated rings. The van der Waals surface area contributed by atoms with E-state index in [9.17, 15) is 9.59 Å². The van der Waals surface area contributed by atoms with Crippen LogP contribution < -0.4 is 15.4 Å². The van der Waals surface area contributed by atoms with Crippen molar-refractivity contribution >= 4 is 12.0 Å². The highest BCUT2D eigenvalue weighted by atomic mass is 16.5. The molecule has 1 heterocycles. The van der Waals surface area contributed by atoms with Crippen LogP contribution in [0.3, 0.4) is 0 Å². The zero-order chi connectivity index (χ0) is 26.9. The molecule has 1 aliphatic heterocycles.